The van der Waals surface area contributed by atoms with E-state index in [9.17, 15) is 4.79 Å². The molecule has 1 heterocycles. The summed E-state index contributed by atoms with van der Waals surface area (Å²) in [5.74, 6) is -0.306. The van der Waals surface area contributed by atoms with Crippen molar-refractivity contribution in [1.29, 1.82) is 0 Å². The SMILES string of the molecule is CC(C)OC(=O)c1cncn1C1CCC(C)(C)c2ccccc21. The molecule has 1 aromatic carbocycles. The maximum atomic E-state index is 12.3. The molecule has 1 atom stereocenters. The molecule has 1 aliphatic rings. The predicted octanol–water partition coefficient (Wildman–Crippen LogP) is 4.11. The van der Waals surface area contributed by atoms with Gasteiger partial charge in [-0.15, -0.1) is 0 Å². The van der Waals surface area contributed by atoms with E-state index in [0.717, 1.165) is 12.8 Å². The molecular formula is C19H24N2O2. The fraction of sp³-hybridized carbons (Fsp3) is 0.474. The van der Waals surface area contributed by atoms with Gasteiger partial charge in [-0.25, -0.2) is 9.78 Å². The van der Waals surface area contributed by atoms with Crippen molar-refractivity contribution >= 4 is 5.97 Å². The van der Waals surface area contributed by atoms with Gasteiger partial charge in [0.15, 0.2) is 0 Å². The summed E-state index contributed by atoms with van der Waals surface area (Å²) in [5.41, 5.74) is 3.32. The number of fused-ring (bicyclic) bond motifs is 1. The average molecular weight is 312 g/mol. The topological polar surface area (TPSA) is 44.1 Å². The van der Waals surface area contributed by atoms with Crippen LogP contribution in [0.4, 0.5) is 0 Å². The third-order valence-corrected chi connectivity index (χ3v) is 4.65. The number of hydrogen-bond donors (Lipinski definition) is 0. The number of imidazole rings is 1. The lowest BCUT2D eigenvalue weighted by molar-refractivity contribution is 0.0363. The molecule has 1 aromatic heterocycles. The summed E-state index contributed by atoms with van der Waals surface area (Å²) in [6.45, 7) is 8.28. The van der Waals surface area contributed by atoms with Crippen LogP contribution in [0, 0.1) is 0 Å². The maximum absolute atomic E-state index is 12.3. The van der Waals surface area contributed by atoms with Gasteiger partial charge in [0.05, 0.1) is 24.7 Å². The number of rotatable bonds is 3. The van der Waals surface area contributed by atoms with Gasteiger partial charge >= 0.3 is 5.97 Å². The molecule has 2 aromatic rings. The fourth-order valence-electron chi connectivity index (χ4n) is 3.47. The number of benzene rings is 1. The molecule has 0 amide bonds. The van der Waals surface area contributed by atoms with Crippen LogP contribution in [0.5, 0.6) is 0 Å². The smallest absolute Gasteiger partial charge is 0.356 e. The van der Waals surface area contributed by atoms with Crippen molar-refractivity contribution in [3.05, 3.63) is 53.6 Å². The van der Waals surface area contributed by atoms with Crippen molar-refractivity contribution in [2.75, 3.05) is 0 Å². The number of hydrogen-bond acceptors (Lipinski definition) is 3. The molecular weight excluding hydrogens is 288 g/mol. The highest BCUT2D eigenvalue weighted by molar-refractivity contribution is 5.87. The fourth-order valence-corrected chi connectivity index (χ4v) is 3.47. The average Bonchev–Trinajstić information content (AvgIpc) is 2.96. The first-order valence-electron chi connectivity index (χ1n) is 8.22. The number of nitrogens with zero attached hydrogens (tertiary/aromatic N) is 2. The van der Waals surface area contributed by atoms with E-state index in [4.69, 9.17) is 4.74 Å². The van der Waals surface area contributed by atoms with Gasteiger partial charge in [0.1, 0.15) is 5.69 Å². The van der Waals surface area contributed by atoms with Gasteiger partial charge in [-0.05, 0) is 43.2 Å². The Morgan fingerprint density at radius 3 is 2.83 bits per heavy atom. The molecule has 23 heavy (non-hydrogen) atoms. The third kappa shape index (κ3) is 2.90. The number of aromatic nitrogens is 2. The lowest BCUT2D eigenvalue weighted by Gasteiger charge is -2.37. The second kappa shape index (κ2) is 5.84. The minimum Gasteiger partial charge on any atom is -0.458 e. The van der Waals surface area contributed by atoms with Crippen molar-refractivity contribution in [2.45, 2.75) is 58.1 Å². The molecule has 0 saturated heterocycles. The Balaban J connectivity index is 2.01. The van der Waals surface area contributed by atoms with Crippen LogP contribution in [0.1, 0.15) is 68.2 Å². The molecule has 0 aliphatic heterocycles. The van der Waals surface area contributed by atoms with E-state index in [2.05, 4.69) is 43.1 Å². The van der Waals surface area contributed by atoms with Crippen LogP contribution >= 0.6 is 0 Å². The summed E-state index contributed by atoms with van der Waals surface area (Å²) in [5, 5.41) is 0. The first kappa shape index (κ1) is 15.8. The molecule has 4 nitrogen and oxygen atoms in total. The standard InChI is InChI=1S/C19H24N2O2/c1-13(2)23-18(22)17-11-20-12-21(17)16-9-10-19(3,4)15-8-6-5-7-14(15)16/h5-8,11-13,16H,9-10H2,1-4H3. The van der Waals surface area contributed by atoms with Gasteiger partial charge in [-0.3, -0.25) is 0 Å². The number of carbonyl (C=O) groups excluding carboxylic acids is 1. The number of carbonyl (C=O) groups is 1. The summed E-state index contributed by atoms with van der Waals surface area (Å²) in [6.07, 6.45) is 5.28. The normalized spacial score (nSPS) is 19.4. The summed E-state index contributed by atoms with van der Waals surface area (Å²) in [6, 6.07) is 8.65. The van der Waals surface area contributed by atoms with Gasteiger partial charge in [0, 0.05) is 0 Å². The van der Waals surface area contributed by atoms with Gasteiger partial charge in [-0.2, -0.15) is 0 Å². The number of esters is 1. The van der Waals surface area contributed by atoms with Crippen LogP contribution in [-0.2, 0) is 10.2 Å². The molecule has 1 aliphatic carbocycles. The van der Waals surface area contributed by atoms with Gasteiger partial charge < -0.3 is 9.30 Å². The Labute approximate surface area is 137 Å². The molecule has 0 spiro atoms. The molecule has 3 rings (SSSR count). The minimum atomic E-state index is -0.306. The molecule has 0 saturated carbocycles. The van der Waals surface area contributed by atoms with Gasteiger partial charge in [0.2, 0.25) is 0 Å². The van der Waals surface area contributed by atoms with Gasteiger partial charge in [0.25, 0.3) is 0 Å². The van der Waals surface area contributed by atoms with Crippen molar-refractivity contribution in [3.63, 3.8) is 0 Å². The van der Waals surface area contributed by atoms with E-state index in [1.807, 2.05) is 18.4 Å². The van der Waals surface area contributed by atoms with Crippen molar-refractivity contribution in [1.82, 2.24) is 9.55 Å². The van der Waals surface area contributed by atoms with Crippen LogP contribution in [0.25, 0.3) is 0 Å². The van der Waals surface area contributed by atoms with E-state index < -0.39 is 0 Å². The Bertz CT molecular complexity index is 716. The zero-order chi connectivity index (χ0) is 16.6. The van der Waals surface area contributed by atoms with Crippen LogP contribution in [0.2, 0.25) is 0 Å². The summed E-state index contributed by atoms with van der Waals surface area (Å²) >= 11 is 0. The molecule has 0 fully saturated rings. The lowest BCUT2D eigenvalue weighted by Crippen LogP contribution is -2.30. The first-order chi connectivity index (χ1) is 10.9. The monoisotopic (exact) mass is 312 g/mol. The summed E-state index contributed by atoms with van der Waals surface area (Å²) < 4.78 is 7.33. The summed E-state index contributed by atoms with van der Waals surface area (Å²) in [7, 11) is 0. The quantitative estimate of drug-likeness (QED) is 0.801. The van der Waals surface area contributed by atoms with Crippen LogP contribution in [-0.4, -0.2) is 21.6 Å². The van der Waals surface area contributed by atoms with E-state index in [1.54, 1.807) is 12.5 Å². The molecule has 0 N–H and O–H groups in total. The van der Waals surface area contributed by atoms with Crippen molar-refractivity contribution in [2.24, 2.45) is 0 Å². The maximum Gasteiger partial charge on any atom is 0.356 e. The van der Waals surface area contributed by atoms with Crippen molar-refractivity contribution in [3.8, 4) is 0 Å². The predicted molar refractivity (Wildman–Crippen MR) is 89.6 cm³/mol. The first-order valence-corrected chi connectivity index (χ1v) is 8.22. The van der Waals surface area contributed by atoms with Crippen LogP contribution in [0.3, 0.4) is 0 Å². The minimum absolute atomic E-state index is 0.136. The second-order valence-corrected chi connectivity index (χ2v) is 7.17. The molecule has 0 bridgehead atoms. The van der Waals surface area contributed by atoms with E-state index in [-0.39, 0.29) is 23.5 Å². The molecule has 122 valence electrons. The zero-order valence-corrected chi connectivity index (χ0v) is 14.2. The van der Waals surface area contributed by atoms with E-state index >= 15 is 0 Å². The summed E-state index contributed by atoms with van der Waals surface area (Å²) in [4.78, 5) is 16.5. The Hall–Kier alpha value is -2.10. The Morgan fingerprint density at radius 2 is 2.09 bits per heavy atom. The highest BCUT2D eigenvalue weighted by Crippen LogP contribution is 2.43. The molecule has 1 unspecified atom stereocenters. The lowest BCUT2D eigenvalue weighted by atomic mass is 9.71. The third-order valence-electron chi connectivity index (χ3n) is 4.65. The van der Waals surface area contributed by atoms with E-state index in [0.29, 0.717) is 5.69 Å². The van der Waals surface area contributed by atoms with Crippen molar-refractivity contribution < 1.29 is 9.53 Å². The highest BCUT2D eigenvalue weighted by atomic mass is 16.5. The Kier molecular flexibility index (Phi) is 4.00. The van der Waals surface area contributed by atoms with Crippen LogP contribution < -0.4 is 0 Å². The number of ether oxygens (including phenoxy) is 1. The van der Waals surface area contributed by atoms with E-state index in [1.165, 1.54) is 11.1 Å². The Morgan fingerprint density at radius 1 is 1.35 bits per heavy atom. The second-order valence-electron chi connectivity index (χ2n) is 7.17. The highest BCUT2D eigenvalue weighted by Gasteiger charge is 2.34. The zero-order valence-electron chi connectivity index (χ0n) is 14.2. The molecule has 0 radical (unpaired) electrons. The van der Waals surface area contributed by atoms with Crippen LogP contribution in [0.15, 0.2) is 36.8 Å². The largest absolute Gasteiger partial charge is 0.458 e. The molecule has 4 heteroatoms. The van der Waals surface area contributed by atoms with Gasteiger partial charge in [-0.1, -0.05) is 38.1 Å².